The molecule has 0 aliphatic heterocycles. The van der Waals surface area contributed by atoms with E-state index in [0.717, 1.165) is 12.8 Å². The van der Waals surface area contributed by atoms with Gasteiger partial charge in [-0.25, -0.2) is 4.39 Å². The summed E-state index contributed by atoms with van der Waals surface area (Å²) >= 11 is 0. The summed E-state index contributed by atoms with van der Waals surface area (Å²) < 4.78 is 18.3. The maximum atomic E-state index is 13.4. The molecule has 20 heavy (non-hydrogen) atoms. The van der Waals surface area contributed by atoms with Gasteiger partial charge in [0, 0.05) is 18.0 Å². The topological polar surface area (TPSA) is 58.6 Å². The SMILES string of the molecule is COc1ccc(/C=C/C(=O)NCC2(CO)CC2)cc1F. The van der Waals surface area contributed by atoms with Crippen LogP contribution in [0.5, 0.6) is 5.75 Å². The van der Waals surface area contributed by atoms with E-state index in [2.05, 4.69) is 5.32 Å². The van der Waals surface area contributed by atoms with Crippen molar-refractivity contribution in [2.45, 2.75) is 12.8 Å². The molecule has 1 saturated carbocycles. The van der Waals surface area contributed by atoms with Crippen LogP contribution in [0.15, 0.2) is 24.3 Å². The van der Waals surface area contributed by atoms with Crippen LogP contribution in [0.4, 0.5) is 4.39 Å². The zero-order valence-electron chi connectivity index (χ0n) is 11.4. The van der Waals surface area contributed by atoms with Crippen LogP contribution in [0, 0.1) is 11.2 Å². The van der Waals surface area contributed by atoms with Crippen LogP contribution >= 0.6 is 0 Å². The smallest absolute Gasteiger partial charge is 0.244 e. The Morgan fingerprint density at radius 3 is 2.85 bits per heavy atom. The van der Waals surface area contributed by atoms with Crippen LogP contribution in [0.25, 0.3) is 6.08 Å². The molecule has 1 amide bonds. The number of carbonyl (C=O) groups is 1. The van der Waals surface area contributed by atoms with Crippen molar-refractivity contribution in [3.05, 3.63) is 35.7 Å². The molecule has 1 aromatic carbocycles. The number of carbonyl (C=O) groups excluding carboxylic acids is 1. The van der Waals surface area contributed by atoms with E-state index < -0.39 is 5.82 Å². The molecular weight excluding hydrogens is 261 g/mol. The average Bonchev–Trinajstić information content (AvgIpc) is 3.24. The summed E-state index contributed by atoms with van der Waals surface area (Å²) in [4.78, 5) is 11.6. The van der Waals surface area contributed by atoms with Crippen LogP contribution < -0.4 is 10.1 Å². The van der Waals surface area contributed by atoms with Gasteiger partial charge in [0.15, 0.2) is 11.6 Å². The van der Waals surface area contributed by atoms with Crippen molar-refractivity contribution in [1.82, 2.24) is 5.32 Å². The minimum absolute atomic E-state index is 0.0979. The molecule has 0 bridgehead atoms. The molecule has 1 aliphatic carbocycles. The summed E-state index contributed by atoms with van der Waals surface area (Å²) in [5, 5.41) is 11.9. The van der Waals surface area contributed by atoms with Gasteiger partial charge in [-0.1, -0.05) is 6.07 Å². The first-order valence-electron chi connectivity index (χ1n) is 6.49. The van der Waals surface area contributed by atoms with Crippen molar-refractivity contribution in [3.8, 4) is 5.75 Å². The van der Waals surface area contributed by atoms with Crippen LogP contribution in [-0.4, -0.2) is 31.3 Å². The van der Waals surface area contributed by atoms with E-state index >= 15 is 0 Å². The van der Waals surface area contributed by atoms with E-state index in [1.54, 1.807) is 6.07 Å². The Morgan fingerprint density at radius 2 is 2.30 bits per heavy atom. The second kappa shape index (κ2) is 6.05. The zero-order chi connectivity index (χ0) is 14.6. The second-order valence-electron chi connectivity index (χ2n) is 5.10. The highest BCUT2D eigenvalue weighted by atomic mass is 19.1. The minimum Gasteiger partial charge on any atom is -0.494 e. The maximum Gasteiger partial charge on any atom is 0.244 e. The van der Waals surface area contributed by atoms with Crippen molar-refractivity contribution < 1.29 is 19.0 Å². The molecule has 1 aromatic rings. The fourth-order valence-corrected chi connectivity index (χ4v) is 1.86. The van der Waals surface area contributed by atoms with Gasteiger partial charge < -0.3 is 15.2 Å². The van der Waals surface area contributed by atoms with Gasteiger partial charge in [-0.05, 0) is 36.6 Å². The lowest BCUT2D eigenvalue weighted by Crippen LogP contribution is -2.30. The highest BCUT2D eigenvalue weighted by Crippen LogP contribution is 2.44. The first-order valence-corrected chi connectivity index (χ1v) is 6.49. The summed E-state index contributed by atoms with van der Waals surface area (Å²) in [7, 11) is 1.40. The average molecular weight is 279 g/mol. The van der Waals surface area contributed by atoms with Gasteiger partial charge in [0.25, 0.3) is 0 Å². The summed E-state index contributed by atoms with van der Waals surface area (Å²) in [5.74, 6) is -0.543. The number of methoxy groups -OCH3 is 1. The molecule has 2 N–H and O–H groups in total. The Labute approximate surface area is 117 Å². The number of hydrogen-bond acceptors (Lipinski definition) is 3. The molecule has 0 radical (unpaired) electrons. The number of aliphatic hydroxyl groups excluding tert-OH is 1. The molecule has 2 rings (SSSR count). The summed E-state index contributed by atoms with van der Waals surface area (Å²) in [5.41, 5.74) is 0.470. The molecule has 0 aromatic heterocycles. The molecule has 0 spiro atoms. The minimum atomic E-state index is -0.465. The standard InChI is InChI=1S/C15H18FNO3/c1-20-13-4-2-11(8-12(13)16)3-5-14(19)17-9-15(10-18)6-7-15/h2-5,8,18H,6-7,9-10H2,1H3,(H,17,19)/b5-3+. The van der Waals surface area contributed by atoms with Gasteiger partial charge in [-0.3, -0.25) is 4.79 Å². The number of rotatable bonds is 6. The molecule has 0 unspecified atom stereocenters. The molecule has 1 fully saturated rings. The zero-order valence-corrected chi connectivity index (χ0v) is 11.4. The maximum absolute atomic E-state index is 13.4. The van der Waals surface area contributed by atoms with Gasteiger partial charge in [0.2, 0.25) is 5.91 Å². The summed E-state index contributed by atoms with van der Waals surface area (Å²) in [6.45, 7) is 0.574. The first-order chi connectivity index (χ1) is 9.58. The molecular formula is C15H18FNO3. The molecule has 0 saturated heterocycles. The Morgan fingerprint density at radius 1 is 1.55 bits per heavy atom. The second-order valence-corrected chi connectivity index (χ2v) is 5.10. The molecule has 4 nitrogen and oxygen atoms in total. The highest BCUT2D eigenvalue weighted by molar-refractivity contribution is 5.91. The fourth-order valence-electron chi connectivity index (χ4n) is 1.86. The Bertz CT molecular complexity index is 524. The van der Waals surface area contributed by atoms with E-state index in [1.165, 1.54) is 31.4 Å². The molecule has 0 heterocycles. The normalized spacial score (nSPS) is 16.1. The van der Waals surface area contributed by atoms with Gasteiger partial charge in [0.1, 0.15) is 0 Å². The van der Waals surface area contributed by atoms with Crippen LogP contribution in [0.1, 0.15) is 18.4 Å². The highest BCUT2D eigenvalue weighted by Gasteiger charge is 2.41. The fraction of sp³-hybridized carbons (Fsp3) is 0.400. The lowest BCUT2D eigenvalue weighted by molar-refractivity contribution is -0.116. The third-order valence-electron chi connectivity index (χ3n) is 3.53. The van der Waals surface area contributed by atoms with E-state index in [9.17, 15) is 9.18 Å². The lowest BCUT2D eigenvalue weighted by atomic mass is 10.1. The Balaban J connectivity index is 1.88. The van der Waals surface area contributed by atoms with Crippen molar-refractivity contribution in [1.29, 1.82) is 0 Å². The Kier molecular flexibility index (Phi) is 4.39. The predicted octanol–water partition coefficient (Wildman–Crippen LogP) is 1.74. The first kappa shape index (κ1) is 14.5. The van der Waals surface area contributed by atoms with Gasteiger partial charge in [-0.15, -0.1) is 0 Å². The number of hydrogen-bond donors (Lipinski definition) is 2. The van der Waals surface area contributed by atoms with E-state index in [0.29, 0.717) is 12.1 Å². The third kappa shape index (κ3) is 3.57. The summed E-state index contributed by atoms with van der Waals surface area (Å²) in [6, 6.07) is 4.48. The number of nitrogens with one attached hydrogen (secondary N) is 1. The third-order valence-corrected chi connectivity index (χ3v) is 3.53. The van der Waals surface area contributed by atoms with Crippen molar-refractivity contribution in [2.75, 3.05) is 20.3 Å². The van der Waals surface area contributed by atoms with E-state index in [4.69, 9.17) is 9.84 Å². The largest absolute Gasteiger partial charge is 0.494 e. The van der Waals surface area contributed by atoms with Gasteiger partial charge >= 0.3 is 0 Å². The van der Waals surface area contributed by atoms with Crippen molar-refractivity contribution >= 4 is 12.0 Å². The number of aliphatic hydroxyl groups is 1. The number of halogens is 1. The van der Waals surface area contributed by atoms with Crippen LogP contribution in [-0.2, 0) is 4.79 Å². The summed E-state index contributed by atoms with van der Waals surface area (Å²) in [6.07, 6.45) is 4.78. The number of ether oxygens (including phenoxy) is 1. The van der Waals surface area contributed by atoms with Gasteiger partial charge in [-0.2, -0.15) is 0 Å². The number of amides is 1. The van der Waals surface area contributed by atoms with Gasteiger partial charge in [0.05, 0.1) is 13.7 Å². The molecule has 5 heteroatoms. The monoisotopic (exact) mass is 279 g/mol. The van der Waals surface area contributed by atoms with Crippen molar-refractivity contribution in [3.63, 3.8) is 0 Å². The molecule has 108 valence electrons. The van der Waals surface area contributed by atoms with Crippen LogP contribution in [0.3, 0.4) is 0 Å². The quantitative estimate of drug-likeness (QED) is 0.780. The Hall–Kier alpha value is -1.88. The van der Waals surface area contributed by atoms with Crippen molar-refractivity contribution in [2.24, 2.45) is 5.41 Å². The number of benzene rings is 1. The molecule has 1 aliphatic rings. The van der Waals surface area contributed by atoms with Crippen LogP contribution in [0.2, 0.25) is 0 Å². The molecule has 0 atom stereocenters. The van der Waals surface area contributed by atoms with E-state index in [-0.39, 0.29) is 23.7 Å². The lowest BCUT2D eigenvalue weighted by Gasteiger charge is -2.11. The predicted molar refractivity (Wildman–Crippen MR) is 73.7 cm³/mol. The van der Waals surface area contributed by atoms with E-state index in [1.807, 2.05) is 0 Å².